The molecule has 7 N–H and O–H groups in total. The van der Waals surface area contributed by atoms with E-state index in [0.717, 1.165) is 0 Å². The number of aliphatic hydroxyl groups excluding tert-OH is 4. The highest BCUT2D eigenvalue weighted by molar-refractivity contribution is 5.90. The summed E-state index contributed by atoms with van der Waals surface area (Å²) in [7, 11) is 0. The Balaban J connectivity index is 4.42. The molecular weight excluding hydrogens is 182 g/mol. The van der Waals surface area contributed by atoms with Crippen molar-refractivity contribution in [3.63, 3.8) is 0 Å². The number of hydrogen-bond donors (Lipinski definition) is 6. The monoisotopic (exact) mass is 195 g/mol. The van der Waals surface area contributed by atoms with Gasteiger partial charge >= 0.3 is 0 Å². The average molecular weight is 195 g/mol. The van der Waals surface area contributed by atoms with Gasteiger partial charge in [-0.25, -0.2) is 0 Å². The second-order valence-corrected chi connectivity index (χ2v) is 2.64. The van der Waals surface area contributed by atoms with Crippen molar-refractivity contribution in [3.8, 4) is 0 Å². The van der Waals surface area contributed by atoms with Crippen LogP contribution < -0.4 is 5.73 Å². The van der Waals surface area contributed by atoms with Gasteiger partial charge in [-0.3, -0.25) is 10.5 Å². The molecule has 7 heteroatoms. The Morgan fingerprint density at radius 2 is 1.85 bits per heavy atom. The molecule has 13 heavy (non-hydrogen) atoms. The minimum atomic E-state index is -2.60. The van der Waals surface area contributed by atoms with Crippen LogP contribution in [0.25, 0.3) is 0 Å². The lowest BCUT2D eigenvalue weighted by Crippen LogP contribution is -2.58. The molecule has 0 bridgehead atoms. The van der Waals surface area contributed by atoms with E-state index >= 15 is 0 Å². The van der Waals surface area contributed by atoms with Gasteiger partial charge in [0.2, 0.25) is 5.78 Å². The van der Waals surface area contributed by atoms with E-state index in [1.165, 1.54) is 0 Å². The van der Waals surface area contributed by atoms with Crippen molar-refractivity contribution in [1.29, 1.82) is 0 Å². The second kappa shape index (κ2) is 4.61. The van der Waals surface area contributed by atoms with Gasteiger partial charge in [0, 0.05) is 0 Å². The Labute approximate surface area is 74.0 Å². The summed E-state index contributed by atoms with van der Waals surface area (Å²) < 4.78 is 0. The van der Waals surface area contributed by atoms with Crippen LogP contribution >= 0.6 is 0 Å². The molecule has 0 saturated carbocycles. The average Bonchev–Trinajstić information content (AvgIpc) is 2.14. The molecule has 0 aromatic rings. The zero-order valence-corrected chi connectivity index (χ0v) is 6.79. The molecule has 0 saturated heterocycles. The van der Waals surface area contributed by atoms with E-state index in [1.54, 1.807) is 0 Å². The highest BCUT2D eigenvalue weighted by Crippen LogP contribution is 2.04. The van der Waals surface area contributed by atoms with Gasteiger partial charge in [-0.1, -0.05) is 0 Å². The number of carbonyl (C=O) groups excluding carboxylic acids is 1. The van der Waals surface area contributed by atoms with Crippen LogP contribution in [0.15, 0.2) is 0 Å². The van der Waals surface area contributed by atoms with E-state index < -0.39 is 36.9 Å². The van der Waals surface area contributed by atoms with Crippen LogP contribution in [0.4, 0.5) is 0 Å². The van der Waals surface area contributed by atoms with Crippen LogP contribution in [0, 0.1) is 0 Å². The molecule has 0 radical (unpaired) electrons. The molecule has 0 rings (SSSR count). The third kappa shape index (κ3) is 2.99. The van der Waals surface area contributed by atoms with E-state index in [-0.39, 0.29) is 0 Å². The molecule has 7 nitrogen and oxygen atoms in total. The highest BCUT2D eigenvalue weighted by Gasteiger charge is 2.38. The molecule has 3 atom stereocenters. The number of aliphatic hydroxyl groups is 5. The van der Waals surface area contributed by atoms with Crippen molar-refractivity contribution in [1.82, 2.24) is 0 Å². The van der Waals surface area contributed by atoms with E-state index in [0.29, 0.717) is 0 Å². The van der Waals surface area contributed by atoms with Crippen molar-refractivity contribution in [2.45, 2.75) is 17.9 Å². The first kappa shape index (κ1) is 12.4. The van der Waals surface area contributed by atoms with Crippen LogP contribution in [0.5, 0.6) is 0 Å². The first-order valence-corrected chi connectivity index (χ1v) is 3.50. The van der Waals surface area contributed by atoms with Gasteiger partial charge in [0.05, 0.1) is 13.2 Å². The predicted molar refractivity (Wildman–Crippen MR) is 40.3 cm³/mol. The van der Waals surface area contributed by atoms with Crippen LogP contribution in [0.1, 0.15) is 0 Å². The van der Waals surface area contributed by atoms with Gasteiger partial charge in [-0.05, 0) is 0 Å². The molecule has 0 aromatic heterocycles. The SMILES string of the molecule is N[C@@](O)(CO)C(=O)[C@H](O)[C@H](O)CO. The predicted octanol–water partition coefficient (Wildman–Crippen LogP) is -4.09. The molecule has 0 aliphatic rings. The van der Waals surface area contributed by atoms with Gasteiger partial charge in [0.1, 0.15) is 12.2 Å². The molecule has 0 aliphatic carbocycles. The standard InChI is InChI=1S/C6H13NO6/c7-6(13,2-9)5(12)4(11)3(10)1-8/h3-4,8-11,13H,1-2,7H2/t3-,4-,6-/m1/s1. The lowest BCUT2D eigenvalue weighted by Gasteiger charge is -2.23. The van der Waals surface area contributed by atoms with Crippen molar-refractivity contribution in [3.05, 3.63) is 0 Å². The minimum absolute atomic E-state index is 0.853. The summed E-state index contributed by atoms with van der Waals surface area (Å²) in [4.78, 5) is 10.9. The molecule has 0 fully saturated rings. The summed E-state index contributed by atoms with van der Waals surface area (Å²) in [5, 5.41) is 43.4. The van der Waals surface area contributed by atoms with Gasteiger partial charge < -0.3 is 25.5 Å². The minimum Gasteiger partial charge on any atom is -0.394 e. The van der Waals surface area contributed by atoms with Gasteiger partial charge in [0.15, 0.2) is 5.72 Å². The summed E-state index contributed by atoms with van der Waals surface area (Å²) in [6.45, 7) is -1.94. The Morgan fingerprint density at radius 3 is 2.15 bits per heavy atom. The Hall–Kier alpha value is -0.570. The van der Waals surface area contributed by atoms with Gasteiger partial charge in [0.25, 0.3) is 0 Å². The number of Topliss-reactive ketones (excluding diaryl/α,β-unsaturated/α-hetero) is 1. The molecule has 0 heterocycles. The zero-order chi connectivity index (χ0) is 10.6. The van der Waals surface area contributed by atoms with Crippen molar-refractivity contribution < 1.29 is 30.3 Å². The zero-order valence-electron chi connectivity index (χ0n) is 6.79. The van der Waals surface area contributed by atoms with Crippen LogP contribution in [-0.2, 0) is 4.79 Å². The Bertz CT molecular complexity index is 182. The smallest absolute Gasteiger partial charge is 0.212 e. The molecule has 0 spiro atoms. The lowest BCUT2D eigenvalue weighted by molar-refractivity contribution is -0.157. The summed E-state index contributed by atoms with van der Waals surface area (Å²) in [6, 6.07) is 0. The largest absolute Gasteiger partial charge is 0.394 e. The second-order valence-electron chi connectivity index (χ2n) is 2.64. The molecule has 0 aromatic carbocycles. The number of hydrogen-bond acceptors (Lipinski definition) is 7. The first-order chi connectivity index (χ1) is 5.86. The van der Waals surface area contributed by atoms with Crippen molar-refractivity contribution in [2.75, 3.05) is 13.2 Å². The summed E-state index contributed by atoms with van der Waals surface area (Å²) in [6.07, 6.45) is -3.75. The molecule has 0 aliphatic heterocycles. The molecule has 0 unspecified atom stereocenters. The van der Waals surface area contributed by atoms with Gasteiger partial charge in [-0.2, -0.15) is 0 Å². The molecular formula is C6H13NO6. The third-order valence-electron chi connectivity index (χ3n) is 1.49. The molecule has 0 amide bonds. The molecule has 78 valence electrons. The number of nitrogens with two attached hydrogens (primary N) is 1. The summed E-state index contributed by atoms with van der Waals surface area (Å²) >= 11 is 0. The van der Waals surface area contributed by atoms with E-state index in [4.69, 9.17) is 31.3 Å². The van der Waals surface area contributed by atoms with E-state index in [2.05, 4.69) is 0 Å². The lowest BCUT2D eigenvalue weighted by atomic mass is 10.0. The quantitative estimate of drug-likeness (QED) is 0.245. The van der Waals surface area contributed by atoms with E-state index in [9.17, 15) is 4.79 Å². The fourth-order valence-electron chi connectivity index (χ4n) is 0.609. The normalized spacial score (nSPS) is 20.5. The van der Waals surface area contributed by atoms with E-state index in [1.807, 2.05) is 0 Å². The number of ketones is 1. The summed E-state index contributed by atoms with van der Waals surface area (Å²) in [5.74, 6) is -1.35. The highest BCUT2D eigenvalue weighted by atomic mass is 16.4. The van der Waals surface area contributed by atoms with Crippen molar-refractivity contribution in [2.24, 2.45) is 5.73 Å². The first-order valence-electron chi connectivity index (χ1n) is 3.50. The van der Waals surface area contributed by atoms with Gasteiger partial charge in [-0.15, -0.1) is 0 Å². The van der Waals surface area contributed by atoms with Crippen molar-refractivity contribution >= 4 is 5.78 Å². The number of rotatable bonds is 5. The fourth-order valence-corrected chi connectivity index (χ4v) is 0.609. The maximum absolute atomic E-state index is 10.9. The number of carbonyl (C=O) groups is 1. The maximum atomic E-state index is 10.9. The topological polar surface area (TPSA) is 144 Å². The van der Waals surface area contributed by atoms with Crippen LogP contribution in [0.3, 0.4) is 0 Å². The summed E-state index contributed by atoms with van der Waals surface area (Å²) in [5.41, 5.74) is 2.25. The van der Waals surface area contributed by atoms with Crippen LogP contribution in [-0.4, -0.2) is 62.5 Å². The Morgan fingerprint density at radius 1 is 1.38 bits per heavy atom. The maximum Gasteiger partial charge on any atom is 0.212 e. The fraction of sp³-hybridized carbons (Fsp3) is 0.833. The Kier molecular flexibility index (Phi) is 4.40. The third-order valence-corrected chi connectivity index (χ3v) is 1.49. The van der Waals surface area contributed by atoms with Crippen LogP contribution in [0.2, 0.25) is 0 Å².